The van der Waals surface area contributed by atoms with E-state index in [0.29, 0.717) is 50.9 Å². The maximum Gasteiger partial charge on any atom is 0.319 e. The van der Waals surface area contributed by atoms with E-state index in [-0.39, 0.29) is 18.1 Å². The Morgan fingerprint density at radius 2 is 1.34 bits per heavy atom. The van der Waals surface area contributed by atoms with E-state index < -0.39 is 0 Å². The molecule has 0 saturated heterocycles. The van der Waals surface area contributed by atoms with Gasteiger partial charge in [-0.3, -0.25) is 0 Å². The molecule has 2 rings (SSSR count). The number of hydrogen-bond donors (Lipinski definition) is 4. The van der Waals surface area contributed by atoms with Gasteiger partial charge in [0, 0.05) is 24.0 Å². The van der Waals surface area contributed by atoms with Gasteiger partial charge in [0.25, 0.3) is 0 Å². The molecule has 29 heavy (non-hydrogen) atoms. The minimum Gasteiger partial charge on any atom is -0.338 e. The summed E-state index contributed by atoms with van der Waals surface area (Å²) >= 11 is 23.6. The predicted octanol–water partition coefficient (Wildman–Crippen LogP) is 6.41. The van der Waals surface area contributed by atoms with Crippen molar-refractivity contribution in [2.75, 3.05) is 17.2 Å². The summed E-state index contributed by atoms with van der Waals surface area (Å²) in [4.78, 5) is 24.1. The van der Waals surface area contributed by atoms with Crippen molar-refractivity contribution in [3.8, 4) is 0 Å². The van der Waals surface area contributed by atoms with E-state index in [9.17, 15) is 9.59 Å². The molecule has 0 bridgehead atoms. The number of amides is 4. The van der Waals surface area contributed by atoms with Crippen LogP contribution in [0.4, 0.5) is 21.0 Å². The van der Waals surface area contributed by atoms with Crippen molar-refractivity contribution in [2.24, 2.45) is 0 Å². The highest BCUT2D eigenvalue weighted by Gasteiger charge is 2.12. The van der Waals surface area contributed by atoms with Gasteiger partial charge in [-0.2, -0.15) is 0 Å². The molecule has 2 aromatic rings. The Balaban J connectivity index is 1.75. The Morgan fingerprint density at radius 3 is 1.83 bits per heavy atom. The van der Waals surface area contributed by atoms with E-state index in [0.717, 1.165) is 0 Å². The van der Waals surface area contributed by atoms with E-state index in [1.165, 1.54) is 0 Å². The summed E-state index contributed by atoms with van der Waals surface area (Å²) in [5, 5.41) is 12.5. The first-order chi connectivity index (χ1) is 13.8. The highest BCUT2D eigenvalue weighted by atomic mass is 35.5. The van der Waals surface area contributed by atoms with Gasteiger partial charge in [-0.1, -0.05) is 53.3 Å². The molecule has 0 saturated carbocycles. The van der Waals surface area contributed by atoms with Crippen LogP contribution in [0.15, 0.2) is 36.4 Å². The molecule has 10 heteroatoms. The third-order valence-corrected chi connectivity index (χ3v) is 5.44. The zero-order valence-electron chi connectivity index (χ0n) is 15.5. The van der Waals surface area contributed by atoms with Crippen LogP contribution < -0.4 is 21.3 Å². The van der Waals surface area contributed by atoms with Gasteiger partial charge in [-0.25, -0.2) is 9.59 Å². The van der Waals surface area contributed by atoms with Crippen LogP contribution >= 0.6 is 46.4 Å². The van der Waals surface area contributed by atoms with Gasteiger partial charge in [-0.15, -0.1) is 0 Å². The van der Waals surface area contributed by atoms with Crippen molar-refractivity contribution in [3.05, 3.63) is 56.5 Å². The Kier molecular flexibility index (Phi) is 9.17. The van der Waals surface area contributed by atoms with Crippen molar-refractivity contribution in [3.63, 3.8) is 0 Å². The standard InChI is InChI=1S/C19H20Cl4N4O2/c1-2-11(25-19(29)27-13-4-6-15(21)17(23)10-13)7-8-24-18(28)26-12-3-5-14(20)16(22)9-12/h3-6,9-11H,2,7-8H2,1H3,(H2,24,26,28)(H2,25,27,29)/t11-/m0/s1. The second kappa shape index (κ2) is 11.4. The minimum absolute atomic E-state index is 0.122. The summed E-state index contributed by atoms with van der Waals surface area (Å²) in [5.74, 6) is 0. The lowest BCUT2D eigenvalue weighted by Gasteiger charge is -2.18. The topological polar surface area (TPSA) is 82.3 Å². The van der Waals surface area contributed by atoms with Crippen LogP contribution in [-0.2, 0) is 0 Å². The lowest BCUT2D eigenvalue weighted by molar-refractivity contribution is 0.246. The molecule has 156 valence electrons. The van der Waals surface area contributed by atoms with Gasteiger partial charge in [0.2, 0.25) is 0 Å². The van der Waals surface area contributed by atoms with Crippen molar-refractivity contribution >= 4 is 69.8 Å². The van der Waals surface area contributed by atoms with Crippen LogP contribution in [0.25, 0.3) is 0 Å². The number of rotatable bonds is 7. The molecule has 6 nitrogen and oxygen atoms in total. The molecule has 0 aliphatic rings. The van der Waals surface area contributed by atoms with Gasteiger partial charge in [0.1, 0.15) is 0 Å². The zero-order valence-corrected chi connectivity index (χ0v) is 18.5. The summed E-state index contributed by atoms with van der Waals surface area (Å²) < 4.78 is 0. The van der Waals surface area contributed by atoms with Crippen LogP contribution in [0.2, 0.25) is 20.1 Å². The summed E-state index contributed by atoms with van der Waals surface area (Å²) in [6.45, 7) is 2.32. The van der Waals surface area contributed by atoms with E-state index >= 15 is 0 Å². The van der Waals surface area contributed by atoms with Crippen molar-refractivity contribution in [2.45, 2.75) is 25.8 Å². The van der Waals surface area contributed by atoms with E-state index in [1.807, 2.05) is 6.92 Å². The molecule has 0 unspecified atom stereocenters. The lowest BCUT2D eigenvalue weighted by Crippen LogP contribution is -2.40. The number of nitrogens with one attached hydrogen (secondary N) is 4. The summed E-state index contributed by atoms with van der Waals surface area (Å²) in [5.41, 5.74) is 1.06. The predicted molar refractivity (Wildman–Crippen MR) is 121 cm³/mol. The molecule has 0 spiro atoms. The highest BCUT2D eigenvalue weighted by Crippen LogP contribution is 2.25. The van der Waals surface area contributed by atoms with E-state index in [2.05, 4.69) is 21.3 Å². The fourth-order valence-electron chi connectivity index (χ4n) is 2.41. The monoisotopic (exact) mass is 476 g/mol. The summed E-state index contributed by atoms with van der Waals surface area (Å²) in [7, 11) is 0. The van der Waals surface area contributed by atoms with Crippen LogP contribution in [0.1, 0.15) is 19.8 Å². The van der Waals surface area contributed by atoms with Crippen LogP contribution in [0, 0.1) is 0 Å². The average Bonchev–Trinajstić information content (AvgIpc) is 2.67. The molecule has 2 aromatic carbocycles. The van der Waals surface area contributed by atoms with Gasteiger partial charge in [-0.05, 0) is 49.2 Å². The van der Waals surface area contributed by atoms with Gasteiger partial charge in [0.15, 0.2) is 0 Å². The second-order valence-corrected chi connectivity index (χ2v) is 7.76. The second-order valence-electron chi connectivity index (χ2n) is 6.13. The SMILES string of the molecule is CC[C@@H](CCNC(=O)Nc1ccc(Cl)c(Cl)c1)NC(=O)Nc1ccc(Cl)c(Cl)c1. The van der Waals surface area contributed by atoms with Gasteiger partial charge in [0.05, 0.1) is 20.1 Å². The first-order valence-corrected chi connectivity index (χ1v) is 10.3. The average molecular weight is 478 g/mol. The van der Waals surface area contributed by atoms with Crippen LogP contribution in [0.5, 0.6) is 0 Å². The quantitative estimate of drug-likeness (QED) is 0.371. The zero-order chi connectivity index (χ0) is 21.4. The lowest BCUT2D eigenvalue weighted by atomic mass is 10.1. The smallest absolute Gasteiger partial charge is 0.319 e. The third kappa shape index (κ3) is 7.82. The first-order valence-electron chi connectivity index (χ1n) is 8.81. The molecule has 4 N–H and O–H groups in total. The molecule has 0 heterocycles. The minimum atomic E-state index is -0.376. The van der Waals surface area contributed by atoms with Crippen molar-refractivity contribution in [1.82, 2.24) is 10.6 Å². The number of hydrogen-bond acceptors (Lipinski definition) is 2. The van der Waals surface area contributed by atoms with Gasteiger partial charge >= 0.3 is 12.1 Å². The fraction of sp³-hybridized carbons (Fsp3) is 0.263. The number of anilines is 2. The number of urea groups is 2. The molecule has 0 aromatic heterocycles. The number of halogens is 4. The Bertz CT molecular complexity index is 879. The Hall–Kier alpha value is -1.86. The normalized spacial score (nSPS) is 11.5. The molecule has 0 radical (unpaired) electrons. The van der Waals surface area contributed by atoms with Gasteiger partial charge < -0.3 is 21.3 Å². The number of carbonyl (C=O) groups is 2. The van der Waals surface area contributed by atoms with E-state index in [1.54, 1.807) is 36.4 Å². The van der Waals surface area contributed by atoms with Crippen molar-refractivity contribution in [1.29, 1.82) is 0 Å². The molecule has 0 fully saturated rings. The third-order valence-electron chi connectivity index (χ3n) is 3.96. The molecule has 0 aliphatic carbocycles. The molecule has 1 atom stereocenters. The number of carbonyl (C=O) groups excluding carboxylic acids is 2. The number of benzene rings is 2. The maximum atomic E-state index is 12.2. The molecule has 4 amide bonds. The fourth-order valence-corrected chi connectivity index (χ4v) is 3.01. The molecular formula is C19H20Cl4N4O2. The summed E-state index contributed by atoms with van der Waals surface area (Å²) in [6, 6.07) is 8.78. The Labute approximate surface area is 189 Å². The van der Waals surface area contributed by atoms with Crippen LogP contribution in [-0.4, -0.2) is 24.6 Å². The van der Waals surface area contributed by atoms with Crippen LogP contribution in [0.3, 0.4) is 0 Å². The summed E-state index contributed by atoms with van der Waals surface area (Å²) in [6.07, 6.45) is 1.25. The maximum absolute atomic E-state index is 12.2. The Morgan fingerprint density at radius 1 is 0.828 bits per heavy atom. The molecule has 0 aliphatic heterocycles. The highest BCUT2D eigenvalue weighted by molar-refractivity contribution is 6.42. The largest absolute Gasteiger partial charge is 0.338 e. The molecular weight excluding hydrogens is 458 g/mol. The van der Waals surface area contributed by atoms with Crippen molar-refractivity contribution < 1.29 is 9.59 Å². The van der Waals surface area contributed by atoms with E-state index in [4.69, 9.17) is 46.4 Å². The first kappa shape index (κ1) is 23.4.